The molecule has 0 aromatic carbocycles. The highest BCUT2D eigenvalue weighted by Crippen LogP contribution is 2.45. The van der Waals surface area contributed by atoms with Gasteiger partial charge in [-0.05, 0) is 62.6 Å². The monoisotopic (exact) mass is 397 g/mol. The standard InChI is InChI=1S/C21H35NO4S/c23-20(24)10-4-2-1-3-9-16-17(19-12-11-18(16)26-19)14-25-21(27)22-13-15-7-5-6-8-15/h15-19H,1-14H2,(H,22,27)(H,23,24). The first-order valence-electron chi connectivity index (χ1n) is 10.9. The first kappa shape index (κ1) is 20.8. The maximum atomic E-state index is 10.6. The van der Waals surface area contributed by atoms with Gasteiger partial charge < -0.3 is 19.9 Å². The third-order valence-electron chi connectivity index (χ3n) is 6.69. The molecule has 1 saturated carbocycles. The molecule has 2 saturated heterocycles. The summed E-state index contributed by atoms with van der Waals surface area (Å²) in [4.78, 5) is 10.6. The van der Waals surface area contributed by atoms with Crippen LogP contribution in [-0.2, 0) is 14.3 Å². The van der Waals surface area contributed by atoms with Crippen LogP contribution < -0.4 is 5.32 Å². The molecule has 4 atom stereocenters. The van der Waals surface area contributed by atoms with Crippen LogP contribution in [0.5, 0.6) is 0 Å². The fraction of sp³-hybridized carbons (Fsp3) is 0.905. The van der Waals surface area contributed by atoms with Gasteiger partial charge in [-0.15, -0.1) is 0 Å². The summed E-state index contributed by atoms with van der Waals surface area (Å²) in [6.07, 6.45) is 13.9. The van der Waals surface area contributed by atoms with Crippen LogP contribution in [0.4, 0.5) is 0 Å². The van der Waals surface area contributed by atoms with Crippen LogP contribution in [-0.4, -0.2) is 41.6 Å². The van der Waals surface area contributed by atoms with Gasteiger partial charge in [-0.25, -0.2) is 0 Å². The van der Waals surface area contributed by atoms with Gasteiger partial charge in [0.25, 0.3) is 5.17 Å². The van der Waals surface area contributed by atoms with Crippen molar-refractivity contribution in [3.63, 3.8) is 0 Å². The van der Waals surface area contributed by atoms with Crippen molar-refractivity contribution in [3.8, 4) is 0 Å². The summed E-state index contributed by atoms with van der Waals surface area (Å²) in [5, 5.41) is 12.6. The summed E-state index contributed by atoms with van der Waals surface area (Å²) in [7, 11) is 0. The molecule has 154 valence electrons. The van der Waals surface area contributed by atoms with E-state index in [0.717, 1.165) is 51.0 Å². The number of hydrogen-bond acceptors (Lipinski definition) is 4. The minimum absolute atomic E-state index is 0.291. The predicted octanol–water partition coefficient (Wildman–Crippen LogP) is 4.29. The van der Waals surface area contributed by atoms with Gasteiger partial charge in [0.2, 0.25) is 0 Å². The molecular formula is C21H35NO4S. The van der Waals surface area contributed by atoms with E-state index in [9.17, 15) is 4.79 Å². The van der Waals surface area contributed by atoms with Gasteiger partial charge in [-0.1, -0.05) is 32.1 Å². The Bertz CT molecular complexity index is 495. The fourth-order valence-electron chi connectivity index (χ4n) is 5.18. The summed E-state index contributed by atoms with van der Waals surface area (Å²) in [5.41, 5.74) is 0. The number of carbonyl (C=O) groups is 1. The zero-order valence-corrected chi connectivity index (χ0v) is 17.2. The lowest BCUT2D eigenvalue weighted by atomic mass is 9.77. The second-order valence-electron chi connectivity index (χ2n) is 8.59. The molecule has 2 heterocycles. The Morgan fingerprint density at radius 2 is 1.74 bits per heavy atom. The molecule has 3 aliphatic rings. The Morgan fingerprint density at radius 3 is 2.48 bits per heavy atom. The molecule has 3 fully saturated rings. The second kappa shape index (κ2) is 10.6. The second-order valence-corrected chi connectivity index (χ2v) is 8.97. The SMILES string of the molecule is O=C(O)CCCCCCC1C2CCC(O2)C1COC(=S)NCC1CCCC1. The van der Waals surface area contributed by atoms with Crippen molar-refractivity contribution >= 4 is 23.4 Å². The molecule has 2 aliphatic heterocycles. The van der Waals surface area contributed by atoms with E-state index in [1.807, 2.05) is 0 Å². The number of unbranched alkanes of at least 4 members (excludes halogenated alkanes) is 3. The van der Waals surface area contributed by atoms with Crippen LogP contribution >= 0.6 is 12.2 Å². The third-order valence-corrected chi connectivity index (χ3v) is 6.95. The van der Waals surface area contributed by atoms with Crippen LogP contribution in [0.3, 0.4) is 0 Å². The largest absolute Gasteiger partial charge is 0.481 e. The molecule has 4 unspecified atom stereocenters. The van der Waals surface area contributed by atoms with Crippen LogP contribution in [0.25, 0.3) is 0 Å². The Kier molecular flexibility index (Phi) is 8.19. The minimum Gasteiger partial charge on any atom is -0.481 e. The Labute approximate surface area is 168 Å². The quantitative estimate of drug-likeness (QED) is 0.400. The number of rotatable bonds is 11. The van der Waals surface area contributed by atoms with E-state index in [4.69, 9.17) is 26.8 Å². The number of carboxylic acids is 1. The van der Waals surface area contributed by atoms with E-state index in [1.54, 1.807) is 0 Å². The van der Waals surface area contributed by atoms with E-state index in [0.29, 0.717) is 42.2 Å². The van der Waals surface area contributed by atoms with Crippen molar-refractivity contribution in [2.24, 2.45) is 17.8 Å². The molecule has 0 spiro atoms. The average molecular weight is 398 g/mol. The van der Waals surface area contributed by atoms with Crippen LogP contribution in [0.15, 0.2) is 0 Å². The third kappa shape index (κ3) is 6.31. The molecule has 1 aliphatic carbocycles. The fourth-order valence-corrected chi connectivity index (χ4v) is 5.33. The van der Waals surface area contributed by atoms with E-state index in [2.05, 4.69) is 5.32 Å². The summed E-state index contributed by atoms with van der Waals surface area (Å²) < 4.78 is 12.1. The summed E-state index contributed by atoms with van der Waals surface area (Å²) in [6.45, 7) is 1.62. The topological polar surface area (TPSA) is 67.8 Å². The van der Waals surface area contributed by atoms with Crippen molar-refractivity contribution in [3.05, 3.63) is 0 Å². The first-order valence-corrected chi connectivity index (χ1v) is 11.3. The van der Waals surface area contributed by atoms with E-state index >= 15 is 0 Å². The molecule has 0 amide bonds. The maximum absolute atomic E-state index is 10.6. The van der Waals surface area contributed by atoms with E-state index in [1.165, 1.54) is 32.1 Å². The number of aliphatic carboxylic acids is 1. The molecular weight excluding hydrogens is 362 g/mol. The van der Waals surface area contributed by atoms with Gasteiger partial charge in [0.05, 0.1) is 18.8 Å². The lowest BCUT2D eigenvalue weighted by Gasteiger charge is -2.28. The highest BCUT2D eigenvalue weighted by molar-refractivity contribution is 7.80. The number of ether oxygens (including phenoxy) is 2. The number of hydrogen-bond donors (Lipinski definition) is 2. The number of fused-ring (bicyclic) bond motifs is 2. The van der Waals surface area contributed by atoms with Crippen molar-refractivity contribution in [2.45, 2.75) is 89.3 Å². The first-order chi connectivity index (χ1) is 13.1. The number of carboxylic acid groups (broad SMARTS) is 1. The predicted molar refractivity (Wildman–Crippen MR) is 109 cm³/mol. The van der Waals surface area contributed by atoms with Gasteiger partial charge in [0, 0.05) is 18.9 Å². The Hall–Kier alpha value is -0.880. The highest BCUT2D eigenvalue weighted by Gasteiger charge is 2.48. The highest BCUT2D eigenvalue weighted by atomic mass is 32.1. The molecule has 5 nitrogen and oxygen atoms in total. The molecule has 6 heteroatoms. The summed E-state index contributed by atoms with van der Waals surface area (Å²) in [6, 6.07) is 0. The van der Waals surface area contributed by atoms with E-state index < -0.39 is 5.97 Å². The summed E-state index contributed by atoms with van der Waals surface area (Å²) in [5.74, 6) is 1.09. The molecule has 0 radical (unpaired) electrons. The van der Waals surface area contributed by atoms with Crippen LogP contribution in [0.1, 0.15) is 77.0 Å². The Balaban J connectivity index is 1.33. The normalized spacial score (nSPS) is 29.9. The van der Waals surface area contributed by atoms with Crippen molar-refractivity contribution in [2.75, 3.05) is 13.2 Å². The van der Waals surface area contributed by atoms with Gasteiger partial charge in [-0.3, -0.25) is 4.79 Å². The van der Waals surface area contributed by atoms with Gasteiger partial charge >= 0.3 is 5.97 Å². The maximum Gasteiger partial charge on any atom is 0.303 e. The lowest BCUT2D eigenvalue weighted by molar-refractivity contribution is -0.137. The minimum atomic E-state index is -0.689. The molecule has 3 rings (SSSR count). The van der Waals surface area contributed by atoms with Crippen molar-refractivity contribution < 1.29 is 19.4 Å². The summed E-state index contributed by atoms with van der Waals surface area (Å²) >= 11 is 5.38. The van der Waals surface area contributed by atoms with Gasteiger partial charge in [0.1, 0.15) is 0 Å². The van der Waals surface area contributed by atoms with Crippen molar-refractivity contribution in [1.29, 1.82) is 0 Å². The van der Waals surface area contributed by atoms with Crippen molar-refractivity contribution in [1.82, 2.24) is 5.32 Å². The lowest BCUT2D eigenvalue weighted by Crippen LogP contribution is -2.35. The molecule has 0 aromatic rings. The van der Waals surface area contributed by atoms with E-state index in [-0.39, 0.29) is 0 Å². The average Bonchev–Trinajstić information content (AvgIpc) is 3.38. The zero-order chi connectivity index (χ0) is 19.1. The van der Waals surface area contributed by atoms with Crippen LogP contribution in [0, 0.1) is 17.8 Å². The van der Waals surface area contributed by atoms with Gasteiger partial charge in [0.15, 0.2) is 0 Å². The van der Waals surface area contributed by atoms with Gasteiger partial charge in [-0.2, -0.15) is 0 Å². The number of nitrogens with one attached hydrogen (secondary N) is 1. The molecule has 27 heavy (non-hydrogen) atoms. The number of thiocarbonyl (C=S) groups is 1. The Morgan fingerprint density at radius 1 is 1.04 bits per heavy atom. The molecule has 2 bridgehead atoms. The smallest absolute Gasteiger partial charge is 0.303 e. The molecule has 2 N–H and O–H groups in total. The van der Waals surface area contributed by atoms with Crippen LogP contribution in [0.2, 0.25) is 0 Å². The zero-order valence-electron chi connectivity index (χ0n) is 16.4. The molecule has 0 aromatic heterocycles.